The lowest BCUT2D eigenvalue weighted by atomic mass is 10.2. The monoisotopic (exact) mass is 248 g/mol. The van der Waals surface area contributed by atoms with Crippen LogP contribution in [0.5, 0.6) is 0 Å². The van der Waals surface area contributed by atoms with Gasteiger partial charge in [0, 0.05) is 20.2 Å². The third-order valence-corrected chi connectivity index (χ3v) is 2.93. The molecule has 1 heterocycles. The minimum atomic E-state index is -0.140. The number of aliphatic hydroxyl groups is 1. The second kappa shape index (κ2) is 7.01. The van der Waals surface area contributed by atoms with Crippen LogP contribution < -0.4 is 5.32 Å². The predicted octanol–water partition coefficient (Wildman–Crippen LogP) is -0.411. The van der Waals surface area contributed by atoms with E-state index < -0.39 is 0 Å². The van der Waals surface area contributed by atoms with Crippen LogP contribution in [0.15, 0.2) is 0 Å². The SMILES string of the molecule is COCCNC(=S)N1CC(CO)OCC1C. The quantitative estimate of drug-likeness (QED) is 0.521. The number of nitrogens with one attached hydrogen (secondary N) is 1. The fourth-order valence-electron chi connectivity index (χ4n) is 1.57. The Hall–Kier alpha value is -0.430. The molecule has 1 aliphatic rings. The van der Waals surface area contributed by atoms with E-state index in [1.807, 2.05) is 0 Å². The van der Waals surface area contributed by atoms with Crippen molar-refractivity contribution in [3.8, 4) is 0 Å². The highest BCUT2D eigenvalue weighted by Gasteiger charge is 2.26. The van der Waals surface area contributed by atoms with Gasteiger partial charge in [-0.3, -0.25) is 0 Å². The van der Waals surface area contributed by atoms with Crippen molar-refractivity contribution in [2.24, 2.45) is 0 Å². The van der Waals surface area contributed by atoms with Crippen molar-refractivity contribution < 1.29 is 14.6 Å². The fourth-order valence-corrected chi connectivity index (χ4v) is 1.93. The molecule has 94 valence electrons. The lowest BCUT2D eigenvalue weighted by Gasteiger charge is -2.39. The van der Waals surface area contributed by atoms with Crippen LogP contribution in [-0.2, 0) is 9.47 Å². The number of nitrogens with zero attached hydrogens (tertiary/aromatic N) is 1. The molecule has 1 saturated heterocycles. The van der Waals surface area contributed by atoms with Crippen molar-refractivity contribution in [2.45, 2.75) is 19.1 Å². The maximum Gasteiger partial charge on any atom is 0.169 e. The summed E-state index contributed by atoms with van der Waals surface area (Å²) in [6, 6.07) is 0.241. The average molecular weight is 248 g/mol. The third kappa shape index (κ3) is 3.86. The summed E-state index contributed by atoms with van der Waals surface area (Å²) in [7, 11) is 1.66. The van der Waals surface area contributed by atoms with E-state index in [4.69, 9.17) is 26.8 Å². The van der Waals surface area contributed by atoms with E-state index in [9.17, 15) is 0 Å². The fraction of sp³-hybridized carbons (Fsp3) is 0.900. The molecule has 1 fully saturated rings. The van der Waals surface area contributed by atoms with Crippen LogP contribution in [0.2, 0.25) is 0 Å². The van der Waals surface area contributed by atoms with Gasteiger partial charge >= 0.3 is 0 Å². The summed E-state index contributed by atoms with van der Waals surface area (Å²) in [6.45, 7) is 4.64. The Morgan fingerprint density at radius 3 is 3.06 bits per heavy atom. The van der Waals surface area contributed by atoms with Crippen molar-refractivity contribution >= 4 is 17.3 Å². The van der Waals surface area contributed by atoms with Gasteiger partial charge in [-0.2, -0.15) is 0 Å². The Balaban J connectivity index is 2.39. The van der Waals surface area contributed by atoms with E-state index in [0.717, 1.165) is 0 Å². The Morgan fingerprint density at radius 1 is 1.69 bits per heavy atom. The molecule has 2 atom stereocenters. The van der Waals surface area contributed by atoms with Crippen molar-refractivity contribution in [3.63, 3.8) is 0 Å². The van der Waals surface area contributed by atoms with E-state index >= 15 is 0 Å². The van der Waals surface area contributed by atoms with Gasteiger partial charge in [0.25, 0.3) is 0 Å². The molecule has 0 aromatic heterocycles. The highest BCUT2D eigenvalue weighted by molar-refractivity contribution is 7.80. The molecular formula is C10H20N2O3S. The number of aliphatic hydroxyl groups excluding tert-OH is 1. The zero-order valence-corrected chi connectivity index (χ0v) is 10.6. The summed E-state index contributed by atoms with van der Waals surface area (Å²) < 4.78 is 10.4. The van der Waals surface area contributed by atoms with Crippen molar-refractivity contribution in [1.29, 1.82) is 0 Å². The molecular weight excluding hydrogens is 228 g/mol. The summed E-state index contributed by atoms with van der Waals surface area (Å²) in [4.78, 5) is 2.05. The van der Waals surface area contributed by atoms with E-state index in [0.29, 0.717) is 31.4 Å². The second-order valence-corrected chi connectivity index (χ2v) is 4.25. The Morgan fingerprint density at radius 2 is 2.44 bits per heavy atom. The van der Waals surface area contributed by atoms with Crippen LogP contribution in [0.1, 0.15) is 6.92 Å². The van der Waals surface area contributed by atoms with Crippen LogP contribution in [0, 0.1) is 0 Å². The zero-order valence-electron chi connectivity index (χ0n) is 9.81. The number of hydrogen-bond donors (Lipinski definition) is 2. The highest BCUT2D eigenvalue weighted by atomic mass is 32.1. The summed E-state index contributed by atoms with van der Waals surface area (Å²) >= 11 is 5.29. The first kappa shape index (κ1) is 13.6. The van der Waals surface area contributed by atoms with E-state index in [1.165, 1.54) is 0 Å². The Kier molecular flexibility index (Phi) is 5.97. The predicted molar refractivity (Wildman–Crippen MR) is 65.5 cm³/mol. The smallest absolute Gasteiger partial charge is 0.169 e. The number of thiocarbonyl (C=S) groups is 1. The van der Waals surface area contributed by atoms with E-state index in [-0.39, 0.29) is 18.8 Å². The molecule has 1 aliphatic heterocycles. The molecule has 2 N–H and O–H groups in total. The summed E-state index contributed by atoms with van der Waals surface area (Å²) in [6.07, 6.45) is -0.140. The summed E-state index contributed by atoms with van der Waals surface area (Å²) in [5.74, 6) is 0. The topological polar surface area (TPSA) is 54.0 Å². The number of morpholine rings is 1. The molecule has 0 saturated carbocycles. The molecule has 0 bridgehead atoms. The van der Waals surface area contributed by atoms with Gasteiger partial charge in [0.15, 0.2) is 5.11 Å². The van der Waals surface area contributed by atoms with Crippen molar-refractivity contribution in [1.82, 2.24) is 10.2 Å². The van der Waals surface area contributed by atoms with Gasteiger partial charge in [-0.05, 0) is 19.1 Å². The summed E-state index contributed by atoms with van der Waals surface area (Å²) in [5.41, 5.74) is 0. The average Bonchev–Trinajstić information content (AvgIpc) is 2.30. The number of methoxy groups -OCH3 is 1. The van der Waals surface area contributed by atoms with Gasteiger partial charge in [-0.1, -0.05) is 0 Å². The normalized spacial score (nSPS) is 25.6. The van der Waals surface area contributed by atoms with Gasteiger partial charge in [-0.25, -0.2) is 0 Å². The number of hydrogen-bond acceptors (Lipinski definition) is 4. The zero-order chi connectivity index (χ0) is 12.0. The summed E-state index contributed by atoms with van der Waals surface area (Å²) in [5, 5.41) is 12.9. The van der Waals surface area contributed by atoms with Gasteiger partial charge in [0.05, 0.1) is 32.0 Å². The first-order valence-corrected chi connectivity index (χ1v) is 5.85. The first-order chi connectivity index (χ1) is 7.69. The molecule has 5 nitrogen and oxygen atoms in total. The van der Waals surface area contributed by atoms with Gasteiger partial charge in [0.1, 0.15) is 0 Å². The van der Waals surface area contributed by atoms with Crippen LogP contribution in [-0.4, -0.2) is 67.3 Å². The minimum absolute atomic E-state index is 0.0317. The standard InChI is InChI=1S/C10H20N2O3S/c1-8-7-15-9(6-13)5-12(8)10(16)11-3-4-14-2/h8-9,13H,3-7H2,1-2H3,(H,11,16). The van der Waals surface area contributed by atoms with Crippen LogP contribution in [0.3, 0.4) is 0 Å². The van der Waals surface area contributed by atoms with Gasteiger partial charge < -0.3 is 24.8 Å². The molecule has 6 heteroatoms. The minimum Gasteiger partial charge on any atom is -0.394 e. The van der Waals surface area contributed by atoms with E-state index in [2.05, 4.69) is 17.1 Å². The lowest BCUT2D eigenvalue weighted by Crippen LogP contribution is -2.55. The number of ether oxygens (including phenoxy) is 2. The molecule has 2 unspecified atom stereocenters. The van der Waals surface area contributed by atoms with E-state index in [1.54, 1.807) is 7.11 Å². The van der Waals surface area contributed by atoms with Gasteiger partial charge in [-0.15, -0.1) is 0 Å². The number of rotatable bonds is 4. The second-order valence-electron chi connectivity index (χ2n) is 3.86. The molecule has 16 heavy (non-hydrogen) atoms. The van der Waals surface area contributed by atoms with Crippen LogP contribution in [0.25, 0.3) is 0 Å². The van der Waals surface area contributed by atoms with Crippen LogP contribution >= 0.6 is 12.2 Å². The first-order valence-electron chi connectivity index (χ1n) is 5.45. The molecule has 0 radical (unpaired) electrons. The van der Waals surface area contributed by atoms with Crippen molar-refractivity contribution in [2.75, 3.05) is 40.0 Å². The van der Waals surface area contributed by atoms with Gasteiger partial charge in [0.2, 0.25) is 0 Å². The molecule has 1 rings (SSSR count). The Labute approximate surface area is 102 Å². The Bertz CT molecular complexity index is 228. The maximum atomic E-state index is 9.06. The van der Waals surface area contributed by atoms with Crippen LogP contribution in [0.4, 0.5) is 0 Å². The molecule has 0 amide bonds. The molecule has 0 aliphatic carbocycles. The highest BCUT2D eigenvalue weighted by Crippen LogP contribution is 2.11. The third-order valence-electron chi connectivity index (χ3n) is 2.55. The molecule has 0 spiro atoms. The largest absolute Gasteiger partial charge is 0.394 e. The molecule has 0 aromatic rings. The van der Waals surface area contributed by atoms with Crippen molar-refractivity contribution in [3.05, 3.63) is 0 Å². The molecule has 0 aromatic carbocycles. The lowest BCUT2D eigenvalue weighted by molar-refractivity contribution is -0.0562. The maximum absolute atomic E-state index is 9.06.